The molecule has 0 bridgehead atoms. The fraction of sp³-hybridized carbons (Fsp3) is 0.154. The van der Waals surface area contributed by atoms with E-state index in [0.717, 1.165) is 4.90 Å². The first kappa shape index (κ1) is 15.9. The van der Waals surface area contributed by atoms with Crippen molar-refractivity contribution in [1.29, 1.82) is 0 Å². The predicted molar refractivity (Wildman–Crippen MR) is 80.9 cm³/mol. The van der Waals surface area contributed by atoms with Crippen molar-refractivity contribution in [2.24, 2.45) is 0 Å². The van der Waals surface area contributed by atoms with E-state index in [2.05, 4.69) is 9.97 Å². The fourth-order valence-electron chi connectivity index (χ4n) is 1.56. The molecule has 110 valence electrons. The summed E-state index contributed by atoms with van der Waals surface area (Å²) in [6.45, 7) is 1.68. The van der Waals surface area contributed by atoms with Crippen LogP contribution in [0.1, 0.15) is 16.3 Å². The highest BCUT2D eigenvalue weighted by Crippen LogP contribution is 2.39. The molecule has 0 amide bonds. The van der Waals surface area contributed by atoms with Gasteiger partial charge in [0.15, 0.2) is 0 Å². The number of nitrogens with zero attached hydrogens (tertiary/aromatic N) is 2. The average Bonchev–Trinajstić information content (AvgIpc) is 2.42. The number of rotatable bonds is 4. The third-order valence-electron chi connectivity index (χ3n) is 2.49. The quantitative estimate of drug-likeness (QED) is 0.905. The zero-order chi connectivity index (χ0) is 15.6. The lowest BCUT2D eigenvalue weighted by Gasteiger charge is -2.11. The van der Waals surface area contributed by atoms with E-state index in [1.165, 1.54) is 18.9 Å². The molecule has 0 radical (unpaired) electrons. The molecule has 21 heavy (non-hydrogen) atoms. The summed E-state index contributed by atoms with van der Waals surface area (Å²) in [5, 5.41) is 9.98. The SMILES string of the molecule is COc1nc(C(=O)O)nc(C)c1Sc1ccc(Cl)cc1Cl. The van der Waals surface area contributed by atoms with Gasteiger partial charge in [0.2, 0.25) is 11.7 Å². The Balaban J connectivity index is 2.46. The summed E-state index contributed by atoms with van der Waals surface area (Å²) in [5.41, 5.74) is 0.496. The van der Waals surface area contributed by atoms with E-state index in [0.29, 0.717) is 20.6 Å². The Morgan fingerprint density at radius 3 is 2.62 bits per heavy atom. The summed E-state index contributed by atoms with van der Waals surface area (Å²) < 4.78 is 5.15. The molecule has 1 heterocycles. The van der Waals surface area contributed by atoms with Crippen LogP contribution in [0.5, 0.6) is 5.88 Å². The first-order valence-corrected chi connectivity index (χ1v) is 7.28. The number of aromatic carboxylic acids is 1. The van der Waals surface area contributed by atoms with Crippen molar-refractivity contribution in [2.75, 3.05) is 7.11 Å². The van der Waals surface area contributed by atoms with Crippen LogP contribution >= 0.6 is 35.0 Å². The summed E-state index contributed by atoms with van der Waals surface area (Å²) in [5.74, 6) is -1.33. The summed E-state index contributed by atoms with van der Waals surface area (Å²) >= 11 is 13.3. The number of ether oxygens (including phenoxy) is 1. The Morgan fingerprint density at radius 2 is 2.05 bits per heavy atom. The van der Waals surface area contributed by atoms with Crippen molar-refractivity contribution in [3.63, 3.8) is 0 Å². The highest BCUT2D eigenvalue weighted by Gasteiger charge is 2.18. The monoisotopic (exact) mass is 344 g/mol. The van der Waals surface area contributed by atoms with Crippen LogP contribution in [0.4, 0.5) is 0 Å². The van der Waals surface area contributed by atoms with E-state index in [-0.39, 0.29) is 11.7 Å². The number of carboxylic acid groups (broad SMARTS) is 1. The van der Waals surface area contributed by atoms with Gasteiger partial charge in [-0.15, -0.1) is 0 Å². The molecule has 0 aliphatic carbocycles. The predicted octanol–water partition coefficient (Wildman–Crippen LogP) is 3.95. The van der Waals surface area contributed by atoms with Crippen LogP contribution in [-0.4, -0.2) is 28.2 Å². The van der Waals surface area contributed by atoms with Crippen molar-refractivity contribution < 1.29 is 14.6 Å². The number of methoxy groups -OCH3 is 1. The zero-order valence-corrected chi connectivity index (χ0v) is 13.4. The highest BCUT2D eigenvalue weighted by molar-refractivity contribution is 7.99. The molecular formula is C13H10Cl2N2O3S. The van der Waals surface area contributed by atoms with E-state index < -0.39 is 5.97 Å². The number of hydrogen-bond acceptors (Lipinski definition) is 5. The van der Waals surface area contributed by atoms with Gasteiger partial charge >= 0.3 is 5.97 Å². The molecule has 8 heteroatoms. The van der Waals surface area contributed by atoms with E-state index in [1.807, 2.05) is 0 Å². The summed E-state index contributed by atoms with van der Waals surface area (Å²) in [7, 11) is 1.42. The van der Waals surface area contributed by atoms with Gasteiger partial charge in [0.1, 0.15) is 0 Å². The number of halogens is 2. The normalized spacial score (nSPS) is 10.5. The molecule has 0 atom stereocenters. The van der Waals surface area contributed by atoms with Gasteiger partial charge in [0, 0.05) is 9.92 Å². The van der Waals surface area contributed by atoms with Gasteiger partial charge in [-0.1, -0.05) is 35.0 Å². The molecule has 0 aliphatic rings. The largest absolute Gasteiger partial charge is 0.480 e. The van der Waals surface area contributed by atoms with Crippen LogP contribution in [0.3, 0.4) is 0 Å². The third kappa shape index (κ3) is 3.58. The molecule has 0 saturated carbocycles. The van der Waals surface area contributed by atoms with E-state index in [1.54, 1.807) is 25.1 Å². The Morgan fingerprint density at radius 1 is 1.33 bits per heavy atom. The average molecular weight is 345 g/mol. The first-order chi connectivity index (χ1) is 9.92. The van der Waals surface area contributed by atoms with Crippen molar-refractivity contribution >= 4 is 40.9 Å². The Kier molecular flexibility index (Phi) is 4.92. The lowest BCUT2D eigenvalue weighted by Crippen LogP contribution is -2.08. The second kappa shape index (κ2) is 6.51. The van der Waals surface area contributed by atoms with Gasteiger partial charge in [-0.3, -0.25) is 0 Å². The fourth-order valence-corrected chi connectivity index (χ4v) is 3.00. The van der Waals surface area contributed by atoms with Crippen molar-refractivity contribution in [1.82, 2.24) is 9.97 Å². The maximum absolute atomic E-state index is 11.0. The molecule has 1 aromatic carbocycles. The maximum Gasteiger partial charge on any atom is 0.374 e. The zero-order valence-electron chi connectivity index (χ0n) is 11.1. The van der Waals surface area contributed by atoms with Crippen LogP contribution in [0.15, 0.2) is 28.0 Å². The van der Waals surface area contributed by atoms with Crippen molar-refractivity contribution in [3.05, 3.63) is 39.8 Å². The number of hydrogen-bond donors (Lipinski definition) is 1. The third-order valence-corrected chi connectivity index (χ3v) is 4.40. The Labute approximate surface area is 135 Å². The molecule has 0 spiro atoms. The topological polar surface area (TPSA) is 72.3 Å². The number of carbonyl (C=O) groups is 1. The molecule has 5 nitrogen and oxygen atoms in total. The van der Waals surface area contributed by atoms with Crippen molar-refractivity contribution in [3.8, 4) is 5.88 Å². The second-order valence-electron chi connectivity index (χ2n) is 3.95. The van der Waals surface area contributed by atoms with Crippen LogP contribution in [0, 0.1) is 6.92 Å². The molecular weight excluding hydrogens is 335 g/mol. The molecule has 2 rings (SSSR count). The molecule has 0 fully saturated rings. The minimum absolute atomic E-state index is 0.191. The van der Waals surface area contributed by atoms with Crippen LogP contribution < -0.4 is 4.74 Å². The van der Waals surface area contributed by atoms with Crippen LogP contribution in [-0.2, 0) is 0 Å². The Bertz CT molecular complexity index is 710. The molecule has 2 aromatic rings. The van der Waals surface area contributed by atoms with Crippen LogP contribution in [0.25, 0.3) is 0 Å². The van der Waals surface area contributed by atoms with E-state index in [4.69, 9.17) is 33.0 Å². The number of aromatic nitrogens is 2. The number of benzene rings is 1. The number of carboxylic acids is 1. The Hall–Kier alpha value is -1.50. The summed E-state index contributed by atoms with van der Waals surface area (Å²) in [6, 6.07) is 5.10. The van der Waals surface area contributed by atoms with Gasteiger partial charge in [0.25, 0.3) is 0 Å². The van der Waals surface area contributed by atoms with Gasteiger partial charge in [-0.2, -0.15) is 4.98 Å². The standard InChI is InChI=1S/C13H10Cl2N2O3S/c1-6-10(12(20-2)17-11(16-6)13(18)19)21-9-4-3-7(14)5-8(9)15/h3-5H,1-2H3,(H,18,19). The first-order valence-electron chi connectivity index (χ1n) is 5.71. The molecule has 0 unspecified atom stereocenters. The summed E-state index contributed by atoms with van der Waals surface area (Å²) in [6.07, 6.45) is 0. The van der Waals surface area contributed by atoms with Crippen molar-refractivity contribution in [2.45, 2.75) is 16.7 Å². The van der Waals surface area contributed by atoms with Gasteiger partial charge in [0.05, 0.1) is 22.7 Å². The smallest absolute Gasteiger partial charge is 0.374 e. The van der Waals surface area contributed by atoms with E-state index >= 15 is 0 Å². The summed E-state index contributed by atoms with van der Waals surface area (Å²) in [4.78, 5) is 20.1. The lowest BCUT2D eigenvalue weighted by molar-refractivity contribution is 0.0681. The molecule has 1 N–H and O–H groups in total. The number of aryl methyl sites for hydroxylation is 1. The molecule has 1 aromatic heterocycles. The molecule has 0 saturated heterocycles. The minimum Gasteiger partial charge on any atom is -0.480 e. The van der Waals surface area contributed by atoms with E-state index in [9.17, 15) is 4.79 Å². The molecule has 0 aliphatic heterocycles. The maximum atomic E-state index is 11.0. The van der Waals surface area contributed by atoms with Crippen LogP contribution in [0.2, 0.25) is 10.0 Å². The minimum atomic E-state index is -1.21. The van der Waals surface area contributed by atoms with Gasteiger partial charge < -0.3 is 9.84 Å². The highest BCUT2D eigenvalue weighted by atomic mass is 35.5. The van der Waals surface area contributed by atoms with Gasteiger partial charge in [-0.25, -0.2) is 9.78 Å². The lowest BCUT2D eigenvalue weighted by atomic mass is 10.4. The van der Waals surface area contributed by atoms with Gasteiger partial charge in [-0.05, 0) is 25.1 Å². The second-order valence-corrected chi connectivity index (χ2v) is 5.85.